The van der Waals surface area contributed by atoms with E-state index in [0.29, 0.717) is 25.7 Å². The Morgan fingerprint density at radius 2 is 1.56 bits per heavy atom. The van der Waals surface area contributed by atoms with Gasteiger partial charge in [0.25, 0.3) is 0 Å². The van der Waals surface area contributed by atoms with Gasteiger partial charge in [-0.15, -0.1) is 0 Å². The van der Waals surface area contributed by atoms with Gasteiger partial charge in [-0.1, -0.05) is 50.2 Å². The zero-order valence-corrected chi connectivity index (χ0v) is 19.7. The van der Waals surface area contributed by atoms with Gasteiger partial charge in [0.05, 0.1) is 17.6 Å². The first-order valence-corrected chi connectivity index (χ1v) is 11.3. The second-order valence-corrected chi connectivity index (χ2v) is 8.77. The largest absolute Gasteiger partial charge is 0.491 e. The number of hydrogen-bond donors (Lipinski definition) is 0. The highest BCUT2D eigenvalue weighted by molar-refractivity contribution is 5.75. The van der Waals surface area contributed by atoms with Crippen molar-refractivity contribution in [2.75, 3.05) is 6.61 Å². The second-order valence-electron chi connectivity index (χ2n) is 8.77. The minimum Gasteiger partial charge on any atom is -0.491 e. The van der Waals surface area contributed by atoms with E-state index in [9.17, 15) is 0 Å². The van der Waals surface area contributed by atoms with Crippen molar-refractivity contribution in [2.45, 2.75) is 53.7 Å². The predicted molar refractivity (Wildman–Crippen MR) is 131 cm³/mol. The van der Waals surface area contributed by atoms with E-state index in [0.717, 1.165) is 33.9 Å². The predicted octanol–water partition coefficient (Wildman–Crippen LogP) is 6.74. The average molecular weight is 429 g/mol. The Labute approximate surface area is 190 Å². The molecule has 3 aromatic carbocycles. The van der Waals surface area contributed by atoms with Crippen LogP contribution < -0.4 is 9.47 Å². The molecule has 0 radical (unpaired) electrons. The number of fused-ring (bicyclic) bond motifs is 1. The van der Waals surface area contributed by atoms with Crippen molar-refractivity contribution < 1.29 is 9.47 Å². The van der Waals surface area contributed by atoms with Crippen LogP contribution in [0.2, 0.25) is 0 Å². The van der Waals surface area contributed by atoms with Gasteiger partial charge in [0.2, 0.25) is 0 Å². The van der Waals surface area contributed by atoms with Crippen LogP contribution in [0.15, 0.2) is 60.7 Å². The van der Waals surface area contributed by atoms with Gasteiger partial charge in [-0.25, -0.2) is 4.98 Å². The summed E-state index contributed by atoms with van der Waals surface area (Å²) in [6, 6.07) is 21.0. The Balaban J connectivity index is 1.56. The Morgan fingerprint density at radius 1 is 0.844 bits per heavy atom. The van der Waals surface area contributed by atoms with Crippen LogP contribution in [-0.2, 0) is 13.2 Å². The van der Waals surface area contributed by atoms with Crippen LogP contribution in [0.25, 0.3) is 11.0 Å². The third-order valence-corrected chi connectivity index (χ3v) is 5.80. The van der Waals surface area contributed by atoms with Gasteiger partial charge in [0.1, 0.15) is 30.5 Å². The van der Waals surface area contributed by atoms with Crippen LogP contribution in [0.1, 0.15) is 47.8 Å². The number of aryl methyl sites for hydroxylation is 3. The number of aromatic nitrogens is 2. The number of para-hydroxylation sites is 2. The number of rotatable bonds is 8. The number of nitrogens with zero attached hydrogens (tertiary/aromatic N) is 2. The molecular weight excluding hydrogens is 396 g/mol. The van der Waals surface area contributed by atoms with E-state index < -0.39 is 0 Å². The van der Waals surface area contributed by atoms with Crippen molar-refractivity contribution in [3.8, 4) is 11.5 Å². The molecule has 0 saturated heterocycles. The average Bonchev–Trinajstić information content (AvgIpc) is 3.12. The lowest BCUT2D eigenvalue weighted by atomic mass is 10.0. The molecule has 0 atom stereocenters. The molecule has 0 aliphatic carbocycles. The topological polar surface area (TPSA) is 36.3 Å². The zero-order valence-electron chi connectivity index (χ0n) is 19.7. The molecule has 0 saturated carbocycles. The molecule has 4 aromatic rings. The van der Waals surface area contributed by atoms with Crippen LogP contribution in [-0.4, -0.2) is 16.2 Å². The van der Waals surface area contributed by atoms with Crippen molar-refractivity contribution in [1.29, 1.82) is 0 Å². The maximum Gasteiger partial charge on any atom is 0.148 e. The van der Waals surface area contributed by atoms with Crippen molar-refractivity contribution in [3.05, 3.63) is 88.7 Å². The summed E-state index contributed by atoms with van der Waals surface area (Å²) in [5.74, 6) is 3.18. The monoisotopic (exact) mass is 428 g/mol. The fraction of sp³-hybridized carbons (Fsp3) is 0.321. The van der Waals surface area contributed by atoms with Crippen molar-refractivity contribution in [2.24, 2.45) is 0 Å². The van der Waals surface area contributed by atoms with Crippen LogP contribution in [0.5, 0.6) is 11.5 Å². The fourth-order valence-electron chi connectivity index (χ4n) is 3.98. The first-order valence-electron chi connectivity index (χ1n) is 11.3. The molecule has 0 fully saturated rings. The quantitative estimate of drug-likeness (QED) is 0.312. The Kier molecular flexibility index (Phi) is 6.50. The van der Waals surface area contributed by atoms with Crippen molar-refractivity contribution in [1.82, 2.24) is 9.55 Å². The molecule has 166 valence electrons. The number of benzene rings is 3. The molecule has 1 heterocycles. The van der Waals surface area contributed by atoms with Crippen molar-refractivity contribution >= 4 is 11.0 Å². The lowest BCUT2D eigenvalue weighted by Gasteiger charge is -2.16. The molecular formula is C28H32N2O2. The van der Waals surface area contributed by atoms with Crippen LogP contribution in [0.3, 0.4) is 0 Å². The lowest BCUT2D eigenvalue weighted by molar-refractivity contribution is 0.269. The third kappa shape index (κ3) is 4.80. The molecule has 0 unspecified atom stereocenters. The molecule has 0 N–H and O–H groups in total. The minimum atomic E-state index is 0.399. The highest BCUT2D eigenvalue weighted by atomic mass is 16.5. The SMILES string of the molecule is Cc1ccc(C)c(OCCn2c(COc3cc(C)ccc3C(C)C)nc3ccccc32)c1. The molecule has 32 heavy (non-hydrogen) atoms. The summed E-state index contributed by atoms with van der Waals surface area (Å²) >= 11 is 0. The van der Waals surface area contributed by atoms with Crippen molar-refractivity contribution in [3.63, 3.8) is 0 Å². The van der Waals surface area contributed by atoms with E-state index in [1.165, 1.54) is 16.7 Å². The van der Waals surface area contributed by atoms with Gasteiger partial charge in [-0.05, 0) is 73.2 Å². The minimum absolute atomic E-state index is 0.399. The van der Waals surface area contributed by atoms with E-state index in [4.69, 9.17) is 14.5 Å². The fourth-order valence-corrected chi connectivity index (χ4v) is 3.98. The number of ether oxygens (including phenoxy) is 2. The van der Waals surface area contributed by atoms with E-state index in [1.807, 2.05) is 18.2 Å². The van der Waals surface area contributed by atoms with E-state index >= 15 is 0 Å². The Bertz CT molecular complexity index is 1220. The van der Waals surface area contributed by atoms with E-state index in [2.05, 4.69) is 81.7 Å². The molecule has 0 spiro atoms. The molecule has 4 heteroatoms. The summed E-state index contributed by atoms with van der Waals surface area (Å²) in [6.07, 6.45) is 0. The summed E-state index contributed by atoms with van der Waals surface area (Å²) in [5, 5.41) is 0. The van der Waals surface area contributed by atoms with Crippen LogP contribution in [0.4, 0.5) is 0 Å². The molecule has 1 aromatic heterocycles. The molecule has 0 bridgehead atoms. The summed E-state index contributed by atoms with van der Waals surface area (Å²) < 4.78 is 14.7. The molecule has 0 amide bonds. The number of hydrogen-bond acceptors (Lipinski definition) is 3. The summed E-state index contributed by atoms with van der Waals surface area (Å²) in [5.41, 5.74) is 6.84. The Morgan fingerprint density at radius 3 is 2.34 bits per heavy atom. The summed E-state index contributed by atoms with van der Waals surface area (Å²) in [6.45, 7) is 12.3. The van der Waals surface area contributed by atoms with Crippen LogP contribution >= 0.6 is 0 Å². The normalized spacial score (nSPS) is 11.3. The highest BCUT2D eigenvalue weighted by Crippen LogP contribution is 2.28. The second kappa shape index (κ2) is 9.47. The van der Waals surface area contributed by atoms with Gasteiger partial charge in [-0.3, -0.25) is 0 Å². The number of imidazole rings is 1. The smallest absolute Gasteiger partial charge is 0.148 e. The van der Waals surface area contributed by atoms with Gasteiger partial charge < -0.3 is 14.0 Å². The molecule has 0 aliphatic heterocycles. The first-order chi connectivity index (χ1) is 15.4. The zero-order chi connectivity index (χ0) is 22.7. The van der Waals surface area contributed by atoms with E-state index in [-0.39, 0.29) is 0 Å². The van der Waals surface area contributed by atoms with E-state index in [1.54, 1.807) is 0 Å². The molecule has 4 rings (SSSR count). The third-order valence-electron chi connectivity index (χ3n) is 5.80. The first kappa shape index (κ1) is 21.9. The molecule has 4 nitrogen and oxygen atoms in total. The van der Waals surface area contributed by atoms with Gasteiger partial charge >= 0.3 is 0 Å². The van der Waals surface area contributed by atoms with Gasteiger partial charge in [-0.2, -0.15) is 0 Å². The Hall–Kier alpha value is -3.27. The van der Waals surface area contributed by atoms with Crippen LogP contribution in [0, 0.1) is 20.8 Å². The maximum atomic E-state index is 6.31. The molecule has 0 aliphatic rings. The highest BCUT2D eigenvalue weighted by Gasteiger charge is 2.14. The van der Waals surface area contributed by atoms with Gasteiger partial charge in [0.15, 0.2) is 0 Å². The maximum absolute atomic E-state index is 6.31. The standard InChI is InChI=1S/C28H32N2O2/c1-19(2)23-13-11-21(4)17-27(23)32-18-28-29-24-8-6-7-9-25(24)30(28)14-15-31-26-16-20(3)10-12-22(26)5/h6-13,16-17,19H,14-15,18H2,1-5H3. The lowest BCUT2D eigenvalue weighted by Crippen LogP contribution is -2.13. The van der Waals surface area contributed by atoms with Gasteiger partial charge in [0, 0.05) is 0 Å². The summed E-state index contributed by atoms with van der Waals surface area (Å²) in [4.78, 5) is 4.86. The summed E-state index contributed by atoms with van der Waals surface area (Å²) in [7, 11) is 0.